The summed E-state index contributed by atoms with van der Waals surface area (Å²) >= 11 is 1.68. The van der Waals surface area contributed by atoms with Crippen LogP contribution in [-0.4, -0.2) is 17.6 Å². The second-order valence-electron chi connectivity index (χ2n) is 3.63. The summed E-state index contributed by atoms with van der Waals surface area (Å²) in [6.07, 6.45) is 0. The van der Waals surface area contributed by atoms with Gasteiger partial charge in [-0.25, -0.2) is 0 Å². The van der Waals surface area contributed by atoms with E-state index in [4.69, 9.17) is 5.11 Å². The fraction of sp³-hybridized carbons (Fsp3) is 0.154. The van der Waals surface area contributed by atoms with Crippen molar-refractivity contribution in [2.75, 3.05) is 6.54 Å². The highest BCUT2D eigenvalue weighted by Crippen LogP contribution is 2.27. The van der Waals surface area contributed by atoms with Crippen LogP contribution < -0.4 is 5.32 Å². The quantitative estimate of drug-likeness (QED) is 0.853. The lowest BCUT2D eigenvalue weighted by Gasteiger charge is -1.98. The molecule has 2 N–H and O–H groups in total. The van der Waals surface area contributed by atoms with Gasteiger partial charge in [0, 0.05) is 16.3 Å². The molecule has 0 spiro atoms. The SMILES string of the molecule is O=C(O)CNCc1ccc(-c2ccccc2)s1. The van der Waals surface area contributed by atoms with Crippen LogP contribution in [0.4, 0.5) is 0 Å². The molecule has 0 aliphatic heterocycles. The van der Waals surface area contributed by atoms with E-state index in [1.54, 1.807) is 11.3 Å². The average Bonchev–Trinajstić information content (AvgIpc) is 2.78. The number of carboxylic acid groups (broad SMARTS) is 1. The van der Waals surface area contributed by atoms with E-state index in [1.807, 2.05) is 24.3 Å². The summed E-state index contributed by atoms with van der Waals surface area (Å²) in [6.45, 7) is 0.600. The van der Waals surface area contributed by atoms with E-state index in [9.17, 15) is 4.79 Å². The third kappa shape index (κ3) is 3.41. The molecule has 0 bridgehead atoms. The van der Waals surface area contributed by atoms with E-state index >= 15 is 0 Å². The molecule has 1 aromatic carbocycles. The number of carbonyl (C=O) groups is 1. The molecule has 1 heterocycles. The van der Waals surface area contributed by atoms with Gasteiger partial charge >= 0.3 is 5.97 Å². The molecule has 0 atom stereocenters. The number of rotatable bonds is 5. The number of benzene rings is 1. The highest BCUT2D eigenvalue weighted by Gasteiger charge is 2.02. The van der Waals surface area contributed by atoms with Crippen LogP contribution in [0.1, 0.15) is 4.88 Å². The Morgan fingerprint density at radius 3 is 2.65 bits per heavy atom. The second-order valence-corrected chi connectivity index (χ2v) is 4.80. The summed E-state index contributed by atoms with van der Waals surface area (Å²) in [5.41, 5.74) is 1.20. The highest BCUT2D eigenvalue weighted by atomic mass is 32.1. The van der Waals surface area contributed by atoms with Crippen LogP contribution in [0.3, 0.4) is 0 Å². The van der Waals surface area contributed by atoms with Gasteiger partial charge < -0.3 is 10.4 Å². The van der Waals surface area contributed by atoms with Crippen LogP contribution in [0.25, 0.3) is 10.4 Å². The van der Waals surface area contributed by atoms with Gasteiger partial charge in [-0.3, -0.25) is 4.79 Å². The van der Waals surface area contributed by atoms with E-state index in [0.717, 1.165) is 4.88 Å². The number of nitrogens with one attached hydrogen (secondary N) is 1. The Kier molecular flexibility index (Phi) is 3.90. The van der Waals surface area contributed by atoms with Gasteiger partial charge in [-0.2, -0.15) is 0 Å². The van der Waals surface area contributed by atoms with Gasteiger partial charge in [0.25, 0.3) is 0 Å². The third-order valence-corrected chi connectivity index (χ3v) is 3.43. The standard InChI is InChI=1S/C13H13NO2S/c15-13(16)9-14-8-11-6-7-12(17-11)10-4-2-1-3-5-10/h1-7,14H,8-9H2,(H,15,16). The van der Waals surface area contributed by atoms with Crippen molar-refractivity contribution in [1.29, 1.82) is 0 Å². The third-order valence-electron chi connectivity index (χ3n) is 2.30. The predicted octanol–water partition coefficient (Wildman–Crippen LogP) is 2.59. The van der Waals surface area contributed by atoms with Crippen LogP contribution in [-0.2, 0) is 11.3 Å². The van der Waals surface area contributed by atoms with Gasteiger partial charge in [0.2, 0.25) is 0 Å². The number of hydrogen-bond acceptors (Lipinski definition) is 3. The van der Waals surface area contributed by atoms with Gasteiger partial charge in [0.15, 0.2) is 0 Å². The molecule has 4 heteroatoms. The van der Waals surface area contributed by atoms with Gasteiger partial charge in [0.05, 0.1) is 6.54 Å². The van der Waals surface area contributed by atoms with E-state index < -0.39 is 5.97 Å². The lowest BCUT2D eigenvalue weighted by atomic mass is 10.2. The van der Waals surface area contributed by atoms with Crippen molar-refractivity contribution in [3.63, 3.8) is 0 Å². The molecular weight excluding hydrogens is 234 g/mol. The summed E-state index contributed by atoms with van der Waals surface area (Å²) in [4.78, 5) is 12.7. The smallest absolute Gasteiger partial charge is 0.317 e. The Morgan fingerprint density at radius 2 is 1.94 bits per heavy atom. The lowest BCUT2D eigenvalue weighted by molar-refractivity contribution is -0.135. The van der Waals surface area contributed by atoms with Crippen LogP contribution in [0.2, 0.25) is 0 Å². The normalized spacial score (nSPS) is 10.4. The van der Waals surface area contributed by atoms with Gasteiger partial charge in [-0.1, -0.05) is 30.3 Å². The maximum absolute atomic E-state index is 10.4. The zero-order valence-corrected chi connectivity index (χ0v) is 10.0. The maximum atomic E-state index is 10.4. The van der Waals surface area contributed by atoms with Crippen molar-refractivity contribution in [2.24, 2.45) is 0 Å². The zero-order valence-electron chi connectivity index (χ0n) is 9.22. The molecule has 17 heavy (non-hydrogen) atoms. The first-order chi connectivity index (χ1) is 8.25. The fourth-order valence-electron chi connectivity index (χ4n) is 1.52. The molecular formula is C13H13NO2S. The molecule has 0 saturated heterocycles. The Morgan fingerprint density at radius 1 is 1.18 bits per heavy atom. The second kappa shape index (κ2) is 5.61. The fourth-order valence-corrected chi connectivity index (χ4v) is 2.51. The highest BCUT2D eigenvalue weighted by molar-refractivity contribution is 7.15. The number of hydrogen-bond donors (Lipinski definition) is 2. The topological polar surface area (TPSA) is 49.3 Å². The molecule has 0 amide bonds. The maximum Gasteiger partial charge on any atom is 0.317 e. The Bertz CT molecular complexity index is 493. The van der Waals surface area contributed by atoms with Crippen LogP contribution in [0.5, 0.6) is 0 Å². The molecule has 2 aromatic rings. The molecule has 0 radical (unpaired) electrons. The minimum Gasteiger partial charge on any atom is -0.480 e. The Hall–Kier alpha value is -1.65. The van der Waals surface area contributed by atoms with Crippen molar-refractivity contribution in [3.05, 3.63) is 47.3 Å². The van der Waals surface area contributed by atoms with Crippen molar-refractivity contribution in [2.45, 2.75) is 6.54 Å². The van der Waals surface area contributed by atoms with Crippen molar-refractivity contribution in [1.82, 2.24) is 5.32 Å². The summed E-state index contributed by atoms with van der Waals surface area (Å²) in [6, 6.07) is 14.3. The molecule has 0 aliphatic carbocycles. The van der Waals surface area contributed by atoms with E-state index in [2.05, 4.69) is 23.5 Å². The predicted molar refractivity (Wildman–Crippen MR) is 69.1 cm³/mol. The molecule has 0 unspecified atom stereocenters. The van der Waals surface area contributed by atoms with Gasteiger partial charge in [-0.05, 0) is 17.7 Å². The number of aliphatic carboxylic acids is 1. The van der Waals surface area contributed by atoms with Crippen molar-refractivity contribution in [3.8, 4) is 10.4 Å². The van der Waals surface area contributed by atoms with Gasteiger partial charge in [-0.15, -0.1) is 11.3 Å². The first-order valence-electron chi connectivity index (χ1n) is 5.32. The molecule has 0 saturated carbocycles. The molecule has 0 aliphatic rings. The Labute approximate surface area is 104 Å². The van der Waals surface area contributed by atoms with Crippen LogP contribution in [0, 0.1) is 0 Å². The molecule has 3 nitrogen and oxygen atoms in total. The number of carboxylic acids is 1. The summed E-state index contributed by atoms with van der Waals surface area (Å²) in [5.74, 6) is -0.829. The minimum absolute atomic E-state index is 0.00142. The Balaban J connectivity index is 1.99. The molecule has 2 rings (SSSR count). The first-order valence-corrected chi connectivity index (χ1v) is 6.14. The van der Waals surface area contributed by atoms with E-state index in [-0.39, 0.29) is 6.54 Å². The minimum atomic E-state index is -0.829. The van der Waals surface area contributed by atoms with Gasteiger partial charge in [0.1, 0.15) is 0 Å². The molecule has 1 aromatic heterocycles. The van der Waals surface area contributed by atoms with Crippen molar-refractivity contribution < 1.29 is 9.90 Å². The summed E-state index contributed by atoms with van der Waals surface area (Å²) in [5, 5.41) is 11.4. The zero-order chi connectivity index (χ0) is 12.1. The van der Waals surface area contributed by atoms with E-state index in [0.29, 0.717) is 6.54 Å². The first kappa shape index (κ1) is 11.8. The van der Waals surface area contributed by atoms with Crippen LogP contribution >= 0.6 is 11.3 Å². The molecule has 0 fully saturated rings. The van der Waals surface area contributed by atoms with E-state index in [1.165, 1.54) is 10.4 Å². The van der Waals surface area contributed by atoms with Crippen LogP contribution in [0.15, 0.2) is 42.5 Å². The molecule has 88 valence electrons. The monoisotopic (exact) mass is 247 g/mol. The number of thiophene rings is 1. The largest absolute Gasteiger partial charge is 0.480 e. The van der Waals surface area contributed by atoms with Crippen molar-refractivity contribution >= 4 is 17.3 Å². The summed E-state index contributed by atoms with van der Waals surface area (Å²) < 4.78 is 0. The summed E-state index contributed by atoms with van der Waals surface area (Å²) in [7, 11) is 0. The lowest BCUT2D eigenvalue weighted by Crippen LogP contribution is -2.21. The average molecular weight is 247 g/mol.